The van der Waals surface area contributed by atoms with Crippen molar-refractivity contribution in [3.05, 3.63) is 59.0 Å². The summed E-state index contributed by atoms with van der Waals surface area (Å²) < 4.78 is 43.2. The van der Waals surface area contributed by atoms with Gasteiger partial charge in [-0.25, -0.2) is 4.99 Å². The first-order valence-corrected chi connectivity index (χ1v) is 9.80. The molecule has 0 fully saturated rings. The van der Waals surface area contributed by atoms with Crippen molar-refractivity contribution in [2.75, 3.05) is 26.2 Å². The number of alkyl halides is 3. The highest BCUT2D eigenvalue weighted by Crippen LogP contribution is 2.29. The summed E-state index contributed by atoms with van der Waals surface area (Å²) in [4.78, 5) is 16.4. The molecule has 1 aromatic carbocycles. The van der Waals surface area contributed by atoms with E-state index in [2.05, 4.69) is 20.9 Å². The number of guanidine groups is 1. The van der Waals surface area contributed by atoms with E-state index in [0.29, 0.717) is 30.6 Å². The Labute approximate surface area is 201 Å². The number of aryl methyl sites for hydroxylation is 1. The molecule has 0 aliphatic carbocycles. The Morgan fingerprint density at radius 2 is 1.69 bits per heavy atom. The number of aliphatic hydroxyl groups is 1. The molecule has 11 heteroatoms. The molecule has 32 heavy (non-hydrogen) atoms. The first-order chi connectivity index (χ1) is 14.5. The van der Waals surface area contributed by atoms with E-state index < -0.39 is 23.2 Å². The summed E-state index contributed by atoms with van der Waals surface area (Å²) in [5, 5.41) is 19.2. The fourth-order valence-electron chi connectivity index (χ4n) is 2.65. The maximum atomic E-state index is 12.6. The largest absolute Gasteiger partial charge is 0.463 e. The number of hydrogen-bond donors (Lipinski definition) is 4. The number of halogens is 4. The van der Waals surface area contributed by atoms with Gasteiger partial charge in [0.05, 0.1) is 12.1 Å². The van der Waals surface area contributed by atoms with Gasteiger partial charge in [-0.15, -0.1) is 24.0 Å². The summed E-state index contributed by atoms with van der Waals surface area (Å²) in [6, 6.07) is 7.47. The smallest absolute Gasteiger partial charge is 0.416 e. The molecule has 0 saturated carbocycles. The summed E-state index contributed by atoms with van der Waals surface area (Å²) in [5.74, 6) is 1.06. The van der Waals surface area contributed by atoms with Crippen LogP contribution in [-0.2, 0) is 11.8 Å². The molecule has 2 aromatic rings. The fraction of sp³-hybridized carbons (Fsp3) is 0.429. The molecule has 1 atom stereocenters. The van der Waals surface area contributed by atoms with Crippen molar-refractivity contribution in [1.82, 2.24) is 16.0 Å². The summed E-state index contributed by atoms with van der Waals surface area (Å²) >= 11 is 0. The van der Waals surface area contributed by atoms with Crippen molar-refractivity contribution >= 4 is 35.8 Å². The highest BCUT2D eigenvalue weighted by Gasteiger charge is 2.30. The van der Waals surface area contributed by atoms with Crippen LogP contribution in [0.2, 0.25) is 0 Å². The molecule has 178 valence electrons. The Morgan fingerprint density at radius 3 is 2.22 bits per heavy atom. The van der Waals surface area contributed by atoms with Crippen molar-refractivity contribution in [2.45, 2.75) is 32.5 Å². The standard InChI is InChI=1S/C21H27F3N4O3.HI/c1-4-25-19(28-13-20(3,30)17-10-5-14(2)31-17)27-12-11-26-18(29)15-6-8-16(9-7-15)21(22,23)24;/h5-10,30H,4,11-13H2,1-3H3,(H,26,29)(H2,25,27,28);1H. The predicted molar refractivity (Wildman–Crippen MR) is 126 cm³/mol. The van der Waals surface area contributed by atoms with Crippen molar-refractivity contribution in [3.63, 3.8) is 0 Å². The van der Waals surface area contributed by atoms with E-state index in [1.807, 2.05) is 6.92 Å². The van der Waals surface area contributed by atoms with Crippen molar-refractivity contribution in [3.8, 4) is 0 Å². The Balaban J connectivity index is 0.00000512. The summed E-state index contributed by atoms with van der Waals surface area (Å²) in [6.07, 6.45) is -4.44. The Bertz CT molecular complexity index is 896. The molecule has 1 heterocycles. The van der Waals surface area contributed by atoms with Gasteiger partial charge >= 0.3 is 6.18 Å². The van der Waals surface area contributed by atoms with E-state index in [9.17, 15) is 23.1 Å². The van der Waals surface area contributed by atoms with E-state index in [-0.39, 0.29) is 42.6 Å². The maximum Gasteiger partial charge on any atom is 0.416 e. The predicted octanol–water partition coefficient (Wildman–Crippen LogP) is 3.42. The molecule has 0 spiro atoms. The molecular formula is C21H28F3IN4O3. The van der Waals surface area contributed by atoms with Crippen LogP contribution in [0.25, 0.3) is 0 Å². The number of carbonyl (C=O) groups excluding carboxylic acids is 1. The van der Waals surface area contributed by atoms with Crippen molar-refractivity contribution < 1.29 is 27.5 Å². The summed E-state index contributed by atoms with van der Waals surface area (Å²) in [5.41, 5.74) is -1.95. The molecule has 0 radical (unpaired) electrons. The second-order valence-corrected chi connectivity index (χ2v) is 7.14. The van der Waals surface area contributed by atoms with Gasteiger partial charge in [-0.1, -0.05) is 0 Å². The third kappa shape index (κ3) is 8.34. The highest BCUT2D eigenvalue weighted by molar-refractivity contribution is 14.0. The van der Waals surface area contributed by atoms with Gasteiger partial charge in [0.2, 0.25) is 0 Å². The summed E-state index contributed by atoms with van der Waals surface area (Å²) in [7, 11) is 0. The quantitative estimate of drug-likeness (QED) is 0.169. The Kier molecular flexibility index (Phi) is 10.5. The van der Waals surface area contributed by atoms with Crippen LogP contribution in [0, 0.1) is 6.92 Å². The molecule has 4 N–H and O–H groups in total. The minimum absolute atomic E-state index is 0. The Hall–Kier alpha value is -2.28. The molecule has 1 unspecified atom stereocenters. The number of nitrogens with one attached hydrogen (secondary N) is 3. The minimum Gasteiger partial charge on any atom is -0.463 e. The van der Waals surface area contributed by atoms with Crippen LogP contribution in [0.3, 0.4) is 0 Å². The topological polar surface area (TPSA) is 98.9 Å². The zero-order valence-electron chi connectivity index (χ0n) is 18.0. The van der Waals surface area contributed by atoms with Crippen LogP contribution in [-0.4, -0.2) is 43.2 Å². The van der Waals surface area contributed by atoms with Gasteiger partial charge < -0.3 is 25.5 Å². The van der Waals surface area contributed by atoms with Crippen molar-refractivity contribution in [2.24, 2.45) is 4.99 Å². The lowest BCUT2D eigenvalue weighted by molar-refractivity contribution is -0.137. The number of benzene rings is 1. The SMILES string of the molecule is CCNC(=NCC(C)(O)c1ccc(C)o1)NCCNC(=O)c1ccc(C(F)(F)F)cc1.I. The zero-order valence-corrected chi connectivity index (χ0v) is 20.4. The van der Waals surface area contributed by atoms with E-state index in [1.165, 1.54) is 0 Å². The van der Waals surface area contributed by atoms with Crippen LogP contribution < -0.4 is 16.0 Å². The first-order valence-electron chi connectivity index (χ1n) is 9.80. The number of furan rings is 1. The number of hydrogen-bond acceptors (Lipinski definition) is 4. The molecule has 1 aromatic heterocycles. The van der Waals surface area contributed by atoms with Crippen LogP contribution in [0.4, 0.5) is 13.2 Å². The third-order valence-electron chi connectivity index (χ3n) is 4.34. The van der Waals surface area contributed by atoms with E-state index >= 15 is 0 Å². The highest BCUT2D eigenvalue weighted by atomic mass is 127. The van der Waals surface area contributed by atoms with Crippen molar-refractivity contribution in [1.29, 1.82) is 0 Å². The lowest BCUT2D eigenvalue weighted by Crippen LogP contribution is -2.42. The molecule has 2 rings (SSSR count). The number of carbonyl (C=O) groups is 1. The molecule has 0 aliphatic heterocycles. The van der Waals surface area contributed by atoms with Gasteiger partial charge in [-0.05, 0) is 57.2 Å². The number of nitrogens with zero attached hydrogens (tertiary/aromatic N) is 1. The molecule has 0 bridgehead atoms. The molecule has 1 amide bonds. The molecule has 0 saturated heterocycles. The minimum atomic E-state index is -4.44. The number of rotatable bonds is 8. The van der Waals surface area contributed by atoms with Gasteiger partial charge in [-0.3, -0.25) is 4.79 Å². The normalized spacial score (nSPS) is 13.7. The fourth-order valence-corrected chi connectivity index (χ4v) is 2.65. The lowest BCUT2D eigenvalue weighted by atomic mass is 10.0. The zero-order chi connectivity index (χ0) is 23.1. The molecule has 0 aliphatic rings. The van der Waals surface area contributed by atoms with E-state index in [1.54, 1.807) is 26.0 Å². The van der Waals surface area contributed by atoms with Gasteiger partial charge in [0.25, 0.3) is 5.91 Å². The third-order valence-corrected chi connectivity index (χ3v) is 4.34. The average Bonchev–Trinajstić information content (AvgIpc) is 3.16. The van der Waals surface area contributed by atoms with Gasteiger partial charge in [0, 0.05) is 25.2 Å². The van der Waals surface area contributed by atoms with Gasteiger partial charge in [0.15, 0.2) is 5.96 Å². The lowest BCUT2D eigenvalue weighted by Gasteiger charge is -2.19. The Morgan fingerprint density at radius 1 is 1.06 bits per heavy atom. The monoisotopic (exact) mass is 568 g/mol. The van der Waals surface area contributed by atoms with E-state index in [4.69, 9.17) is 4.42 Å². The van der Waals surface area contributed by atoms with Crippen LogP contribution >= 0.6 is 24.0 Å². The summed E-state index contributed by atoms with van der Waals surface area (Å²) in [6.45, 7) is 6.45. The molecule has 7 nitrogen and oxygen atoms in total. The van der Waals surface area contributed by atoms with Crippen LogP contribution in [0.1, 0.15) is 41.3 Å². The van der Waals surface area contributed by atoms with Crippen LogP contribution in [0.15, 0.2) is 45.8 Å². The van der Waals surface area contributed by atoms with Crippen LogP contribution in [0.5, 0.6) is 0 Å². The van der Waals surface area contributed by atoms with E-state index in [0.717, 1.165) is 24.3 Å². The second-order valence-electron chi connectivity index (χ2n) is 7.14. The molecular weight excluding hydrogens is 540 g/mol. The van der Waals surface area contributed by atoms with Gasteiger partial charge in [-0.2, -0.15) is 13.2 Å². The van der Waals surface area contributed by atoms with Gasteiger partial charge in [0.1, 0.15) is 17.1 Å². The first kappa shape index (κ1) is 27.8. The average molecular weight is 568 g/mol. The number of amides is 1. The second kappa shape index (κ2) is 12.1. The number of aliphatic imine (C=N–C) groups is 1. The maximum absolute atomic E-state index is 12.6.